The van der Waals surface area contributed by atoms with Gasteiger partial charge in [-0.25, -0.2) is 15.0 Å². The summed E-state index contributed by atoms with van der Waals surface area (Å²) in [6.07, 6.45) is 3.73. The first-order chi connectivity index (χ1) is 16.4. The van der Waals surface area contributed by atoms with E-state index in [0.29, 0.717) is 5.56 Å². The Kier molecular flexibility index (Phi) is 6.22. The summed E-state index contributed by atoms with van der Waals surface area (Å²) < 4.78 is 3.82. The Bertz CT molecular complexity index is 1530. The number of aryl methyl sites for hydroxylation is 1. The number of hydrogen-bond acceptors (Lipinski definition) is 6. The van der Waals surface area contributed by atoms with E-state index in [2.05, 4.69) is 15.5 Å². The van der Waals surface area contributed by atoms with Crippen LogP contribution in [0.5, 0.6) is 0 Å². The van der Waals surface area contributed by atoms with Crippen molar-refractivity contribution in [1.82, 2.24) is 18.7 Å². The van der Waals surface area contributed by atoms with Crippen molar-refractivity contribution in [3.8, 4) is 0 Å². The highest BCUT2D eigenvalue weighted by Crippen LogP contribution is 2.17. The number of aromatic nitrogens is 4. The average molecular weight is 458 g/mol. The monoisotopic (exact) mass is 458 g/mol. The fraction of sp³-hybridized carbons (Fsp3) is 0.125. The lowest BCUT2D eigenvalue weighted by atomic mass is 10.1. The van der Waals surface area contributed by atoms with Crippen molar-refractivity contribution >= 4 is 34.9 Å². The average Bonchev–Trinajstić information content (AvgIpc) is 3.21. The second kappa shape index (κ2) is 9.41. The molecule has 0 aliphatic heterocycles. The van der Waals surface area contributed by atoms with Crippen LogP contribution in [0.25, 0.3) is 17.2 Å². The number of carboxylic acids is 1. The molecule has 2 heterocycles. The Morgan fingerprint density at radius 3 is 2.32 bits per heavy atom. The number of nitrogens with zero attached hydrogens (tertiary/aromatic N) is 5. The van der Waals surface area contributed by atoms with Gasteiger partial charge >= 0.3 is 11.7 Å². The predicted molar refractivity (Wildman–Crippen MR) is 130 cm³/mol. The fourth-order valence-corrected chi connectivity index (χ4v) is 3.51. The highest BCUT2D eigenvalue weighted by atomic mass is 16.4. The van der Waals surface area contributed by atoms with Crippen LogP contribution in [-0.2, 0) is 25.4 Å². The smallest absolute Gasteiger partial charge is 0.356 e. The van der Waals surface area contributed by atoms with E-state index in [9.17, 15) is 19.5 Å². The predicted octanol–water partition coefficient (Wildman–Crippen LogP) is 2.05. The van der Waals surface area contributed by atoms with Crippen molar-refractivity contribution in [3.63, 3.8) is 0 Å². The van der Waals surface area contributed by atoms with E-state index in [4.69, 9.17) is 0 Å². The normalized spacial score (nSPS) is 11.9. The molecule has 0 spiro atoms. The first kappa shape index (κ1) is 22.5. The standard InChI is InChI=1S/C24H22N6O4/c1-28-20-19(21(31)29(2)24(28)34)30(15-9-12-16-10-5-3-6-11-16)23(25-20)27-26-18(22(32)33)17-13-7-4-8-14-17/h3-14H,15H2,1-2H3,(H,25,27)(H,32,33)/b12-9+,26-18+. The molecule has 2 aromatic heterocycles. The second-order valence-corrected chi connectivity index (χ2v) is 7.48. The molecule has 0 saturated heterocycles. The van der Waals surface area contributed by atoms with Gasteiger partial charge in [-0.1, -0.05) is 72.8 Å². The van der Waals surface area contributed by atoms with Crippen LogP contribution in [0.15, 0.2) is 81.4 Å². The summed E-state index contributed by atoms with van der Waals surface area (Å²) in [7, 11) is 2.91. The lowest BCUT2D eigenvalue weighted by molar-refractivity contribution is -0.129. The molecule has 0 fully saturated rings. The number of imidazole rings is 1. The van der Waals surface area contributed by atoms with Crippen molar-refractivity contribution in [1.29, 1.82) is 0 Å². The van der Waals surface area contributed by atoms with Gasteiger partial charge in [0.15, 0.2) is 16.9 Å². The van der Waals surface area contributed by atoms with Gasteiger partial charge in [-0.2, -0.15) is 10.1 Å². The molecule has 2 aromatic carbocycles. The zero-order chi connectivity index (χ0) is 24.2. The summed E-state index contributed by atoms with van der Waals surface area (Å²) in [5.41, 5.74) is 3.15. The summed E-state index contributed by atoms with van der Waals surface area (Å²) in [6.45, 7) is 0.227. The number of fused-ring (bicyclic) bond motifs is 1. The maximum Gasteiger partial charge on any atom is 0.356 e. The number of allylic oxidation sites excluding steroid dienone is 1. The van der Waals surface area contributed by atoms with Crippen LogP contribution >= 0.6 is 0 Å². The van der Waals surface area contributed by atoms with Crippen molar-refractivity contribution in [2.45, 2.75) is 6.54 Å². The van der Waals surface area contributed by atoms with Gasteiger partial charge in [-0.15, -0.1) is 0 Å². The number of carboxylic acid groups (broad SMARTS) is 1. The first-order valence-corrected chi connectivity index (χ1v) is 10.4. The highest BCUT2D eigenvalue weighted by molar-refractivity contribution is 6.42. The van der Waals surface area contributed by atoms with Crippen molar-refractivity contribution < 1.29 is 9.90 Å². The van der Waals surface area contributed by atoms with Gasteiger partial charge in [-0.3, -0.25) is 18.5 Å². The Morgan fingerprint density at radius 2 is 1.68 bits per heavy atom. The van der Waals surface area contributed by atoms with E-state index < -0.39 is 17.2 Å². The lowest BCUT2D eigenvalue weighted by Gasteiger charge is -2.07. The number of anilines is 1. The first-order valence-electron chi connectivity index (χ1n) is 10.4. The molecule has 0 saturated carbocycles. The van der Waals surface area contributed by atoms with Gasteiger partial charge in [-0.05, 0) is 5.56 Å². The quantitative estimate of drug-likeness (QED) is 0.323. The van der Waals surface area contributed by atoms with Crippen LogP contribution in [0.2, 0.25) is 0 Å². The molecule has 0 radical (unpaired) electrons. The van der Waals surface area contributed by atoms with Gasteiger partial charge in [0.05, 0.1) is 0 Å². The summed E-state index contributed by atoms with van der Waals surface area (Å²) in [5, 5.41) is 13.7. The number of hydrazone groups is 1. The van der Waals surface area contributed by atoms with Crippen molar-refractivity contribution in [3.05, 3.63) is 98.7 Å². The Balaban J connectivity index is 1.82. The molecule has 0 atom stereocenters. The van der Waals surface area contributed by atoms with Crippen LogP contribution in [0.3, 0.4) is 0 Å². The largest absolute Gasteiger partial charge is 0.476 e. The number of aliphatic carboxylic acids is 1. The summed E-state index contributed by atoms with van der Waals surface area (Å²) in [5.74, 6) is -1.10. The third kappa shape index (κ3) is 4.29. The van der Waals surface area contributed by atoms with Gasteiger partial charge in [0.25, 0.3) is 5.56 Å². The molecule has 4 rings (SSSR count). The molecule has 172 valence electrons. The number of rotatable bonds is 7. The third-order valence-electron chi connectivity index (χ3n) is 5.26. The van der Waals surface area contributed by atoms with Gasteiger partial charge in [0.1, 0.15) is 0 Å². The second-order valence-electron chi connectivity index (χ2n) is 7.48. The van der Waals surface area contributed by atoms with Gasteiger partial charge in [0, 0.05) is 26.2 Å². The summed E-state index contributed by atoms with van der Waals surface area (Å²) >= 11 is 0. The van der Waals surface area contributed by atoms with Crippen LogP contribution in [0.1, 0.15) is 11.1 Å². The van der Waals surface area contributed by atoms with Crippen LogP contribution in [-0.4, -0.2) is 35.5 Å². The molecule has 4 aromatic rings. The molecule has 0 bridgehead atoms. The molecule has 0 amide bonds. The van der Waals surface area contributed by atoms with E-state index >= 15 is 0 Å². The highest BCUT2D eigenvalue weighted by Gasteiger charge is 2.19. The Labute approximate surface area is 193 Å². The molecule has 0 unspecified atom stereocenters. The lowest BCUT2D eigenvalue weighted by Crippen LogP contribution is -2.37. The Morgan fingerprint density at radius 1 is 1.03 bits per heavy atom. The van der Waals surface area contributed by atoms with Crippen LogP contribution < -0.4 is 16.7 Å². The van der Waals surface area contributed by atoms with E-state index in [1.807, 2.05) is 42.5 Å². The summed E-state index contributed by atoms with van der Waals surface area (Å²) in [4.78, 5) is 41.5. The number of nitrogens with one attached hydrogen (secondary N) is 1. The fourth-order valence-electron chi connectivity index (χ4n) is 3.51. The molecule has 34 heavy (non-hydrogen) atoms. The van der Waals surface area contributed by atoms with Gasteiger partial charge < -0.3 is 5.11 Å². The van der Waals surface area contributed by atoms with Crippen molar-refractivity contribution in [2.75, 3.05) is 5.43 Å². The Hall–Kier alpha value is -4.73. The van der Waals surface area contributed by atoms with E-state index in [0.717, 1.165) is 10.1 Å². The van der Waals surface area contributed by atoms with Crippen LogP contribution in [0.4, 0.5) is 5.95 Å². The summed E-state index contributed by atoms with van der Waals surface area (Å²) in [6, 6.07) is 18.0. The van der Waals surface area contributed by atoms with E-state index in [1.54, 1.807) is 34.9 Å². The van der Waals surface area contributed by atoms with Crippen LogP contribution in [0, 0.1) is 0 Å². The zero-order valence-electron chi connectivity index (χ0n) is 18.5. The minimum absolute atomic E-state index is 0.126. The topological polar surface area (TPSA) is 124 Å². The van der Waals surface area contributed by atoms with Gasteiger partial charge in [0.2, 0.25) is 5.95 Å². The molecule has 2 N–H and O–H groups in total. The maximum absolute atomic E-state index is 12.9. The molecular formula is C24H22N6O4. The maximum atomic E-state index is 12.9. The molecule has 0 aliphatic rings. The number of hydrogen-bond donors (Lipinski definition) is 2. The van der Waals surface area contributed by atoms with Crippen molar-refractivity contribution in [2.24, 2.45) is 19.2 Å². The minimum Gasteiger partial charge on any atom is -0.476 e. The minimum atomic E-state index is -1.23. The SMILES string of the molecule is Cn1c(=O)c2c(nc(N/N=C(/C(=O)O)c3ccccc3)n2C/C=C/c2ccccc2)n(C)c1=O. The van der Waals surface area contributed by atoms with E-state index in [1.165, 1.54) is 18.7 Å². The molecule has 10 nitrogen and oxygen atoms in total. The third-order valence-corrected chi connectivity index (χ3v) is 5.26. The number of carbonyl (C=O) groups is 1. The number of benzene rings is 2. The molecular weight excluding hydrogens is 436 g/mol. The molecule has 10 heteroatoms. The van der Waals surface area contributed by atoms with E-state index in [-0.39, 0.29) is 29.4 Å². The zero-order valence-corrected chi connectivity index (χ0v) is 18.5. The molecule has 0 aliphatic carbocycles.